The molecule has 0 N–H and O–H groups in total. The van der Waals surface area contributed by atoms with Crippen LogP contribution in [0.4, 0.5) is 0 Å². The van der Waals surface area contributed by atoms with E-state index in [0.29, 0.717) is 37.7 Å². The Morgan fingerprint density at radius 2 is 2.08 bits per heavy atom. The van der Waals surface area contributed by atoms with Gasteiger partial charge in [0.1, 0.15) is 6.10 Å². The Bertz CT molecular complexity index is 573. The van der Waals surface area contributed by atoms with E-state index in [1.807, 2.05) is 16.7 Å². The van der Waals surface area contributed by atoms with Crippen molar-refractivity contribution in [2.75, 3.05) is 37.8 Å². The maximum atomic E-state index is 12.6. The first-order valence-corrected chi connectivity index (χ1v) is 9.67. The number of amides is 1. The lowest BCUT2D eigenvalue weighted by molar-refractivity contribution is -0.181. The molecule has 4 rings (SSSR count). The molecule has 0 aromatic carbocycles. The molecule has 1 spiro atoms. The summed E-state index contributed by atoms with van der Waals surface area (Å²) in [4.78, 5) is 18.8. The van der Waals surface area contributed by atoms with Gasteiger partial charge in [0, 0.05) is 43.9 Å². The third kappa shape index (κ3) is 3.38. The number of rotatable bonds is 3. The lowest BCUT2D eigenvalue weighted by atomic mass is 10.0. The average molecular weight is 350 g/mol. The molecule has 0 unspecified atom stereocenters. The number of pyridine rings is 1. The third-order valence-corrected chi connectivity index (χ3v) is 5.92. The van der Waals surface area contributed by atoms with Crippen molar-refractivity contribution in [2.24, 2.45) is 0 Å². The molecule has 3 saturated heterocycles. The number of thioether (sulfide) groups is 1. The predicted octanol–water partition coefficient (Wildman–Crippen LogP) is 1.95. The molecular formula is C17H22N2O4S. The Morgan fingerprint density at radius 1 is 1.29 bits per heavy atom. The number of aromatic nitrogens is 1. The second kappa shape index (κ2) is 6.90. The minimum atomic E-state index is -0.452. The Kier molecular flexibility index (Phi) is 4.65. The molecule has 3 aliphatic rings. The van der Waals surface area contributed by atoms with Crippen molar-refractivity contribution < 1.29 is 19.0 Å². The van der Waals surface area contributed by atoms with Gasteiger partial charge >= 0.3 is 0 Å². The highest BCUT2D eigenvalue weighted by molar-refractivity contribution is 7.99. The van der Waals surface area contributed by atoms with E-state index in [-0.39, 0.29) is 12.0 Å². The van der Waals surface area contributed by atoms with E-state index in [1.54, 1.807) is 18.3 Å². The highest BCUT2D eigenvalue weighted by atomic mass is 32.2. The summed E-state index contributed by atoms with van der Waals surface area (Å²) in [6.07, 6.45) is 4.38. The second-order valence-corrected chi connectivity index (χ2v) is 7.54. The quantitative estimate of drug-likeness (QED) is 0.830. The number of hydrogen-bond donors (Lipinski definition) is 0. The van der Waals surface area contributed by atoms with Crippen LogP contribution in [-0.2, 0) is 9.47 Å². The van der Waals surface area contributed by atoms with Crippen LogP contribution in [0, 0.1) is 0 Å². The number of carbonyl (C=O) groups excluding carboxylic acids is 1. The maximum absolute atomic E-state index is 12.6. The first-order chi connectivity index (χ1) is 11.7. The molecule has 1 aromatic heterocycles. The molecule has 3 fully saturated rings. The lowest BCUT2D eigenvalue weighted by Crippen LogP contribution is -2.47. The fourth-order valence-electron chi connectivity index (χ4n) is 3.37. The van der Waals surface area contributed by atoms with Crippen LogP contribution in [0.1, 0.15) is 29.6 Å². The van der Waals surface area contributed by atoms with Gasteiger partial charge in [0.25, 0.3) is 5.91 Å². The molecule has 24 heavy (non-hydrogen) atoms. The van der Waals surface area contributed by atoms with E-state index in [2.05, 4.69) is 4.98 Å². The van der Waals surface area contributed by atoms with Crippen LogP contribution < -0.4 is 4.74 Å². The van der Waals surface area contributed by atoms with Crippen molar-refractivity contribution in [2.45, 2.75) is 31.2 Å². The largest absolute Gasteiger partial charge is 0.473 e. The van der Waals surface area contributed by atoms with Crippen molar-refractivity contribution in [3.8, 4) is 5.88 Å². The molecule has 130 valence electrons. The summed E-state index contributed by atoms with van der Waals surface area (Å²) in [6.45, 7) is 2.60. The van der Waals surface area contributed by atoms with Crippen molar-refractivity contribution in [1.82, 2.24) is 9.88 Å². The van der Waals surface area contributed by atoms with Crippen LogP contribution in [0.2, 0.25) is 0 Å². The van der Waals surface area contributed by atoms with Gasteiger partial charge in [-0.25, -0.2) is 4.98 Å². The Balaban J connectivity index is 1.34. The summed E-state index contributed by atoms with van der Waals surface area (Å²) in [5.74, 6) is 2.32. The van der Waals surface area contributed by atoms with Gasteiger partial charge in [-0.1, -0.05) is 0 Å². The van der Waals surface area contributed by atoms with Gasteiger partial charge in [-0.2, -0.15) is 11.8 Å². The van der Waals surface area contributed by atoms with E-state index >= 15 is 0 Å². The lowest BCUT2D eigenvalue weighted by Gasteiger charge is -2.37. The minimum Gasteiger partial charge on any atom is -0.473 e. The molecule has 0 aliphatic carbocycles. The first-order valence-electron chi connectivity index (χ1n) is 8.52. The maximum Gasteiger partial charge on any atom is 0.255 e. The summed E-state index contributed by atoms with van der Waals surface area (Å²) >= 11 is 1.90. The van der Waals surface area contributed by atoms with Crippen molar-refractivity contribution in [1.29, 1.82) is 0 Å². The number of likely N-dealkylation sites (tertiary alicyclic amines) is 1. The SMILES string of the molecule is O=C(c1ccc(O[C@H]2CCSC2)nc1)N1CCC2(CC1)OCCO2. The van der Waals surface area contributed by atoms with Gasteiger partial charge in [0.15, 0.2) is 5.79 Å². The first kappa shape index (κ1) is 16.2. The van der Waals surface area contributed by atoms with Gasteiger partial charge in [0.05, 0.1) is 18.8 Å². The van der Waals surface area contributed by atoms with E-state index in [1.165, 1.54) is 0 Å². The van der Waals surface area contributed by atoms with E-state index in [0.717, 1.165) is 30.8 Å². The monoisotopic (exact) mass is 350 g/mol. The molecule has 0 saturated carbocycles. The van der Waals surface area contributed by atoms with E-state index < -0.39 is 5.79 Å². The molecule has 3 aliphatic heterocycles. The van der Waals surface area contributed by atoms with Gasteiger partial charge in [-0.3, -0.25) is 4.79 Å². The molecule has 0 radical (unpaired) electrons. The molecule has 1 aromatic rings. The minimum absolute atomic E-state index is 0.0123. The number of ether oxygens (including phenoxy) is 3. The van der Waals surface area contributed by atoms with Gasteiger partial charge < -0.3 is 19.1 Å². The zero-order valence-corrected chi connectivity index (χ0v) is 14.4. The molecule has 4 heterocycles. The van der Waals surface area contributed by atoms with Gasteiger partial charge in [0.2, 0.25) is 5.88 Å². The van der Waals surface area contributed by atoms with Crippen LogP contribution in [0.15, 0.2) is 18.3 Å². The second-order valence-electron chi connectivity index (χ2n) is 6.39. The zero-order valence-electron chi connectivity index (χ0n) is 13.6. The summed E-state index contributed by atoms with van der Waals surface area (Å²) in [5, 5.41) is 0. The van der Waals surface area contributed by atoms with Crippen LogP contribution in [-0.4, -0.2) is 65.5 Å². The standard InChI is InChI=1S/C17H22N2O4S/c20-16(19-6-4-17(5-7-19)21-8-9-22-17)13-1-2-15(18-11-13)23-14-3-10-24-12-14/h1-2,11,14H,3-10,12H2/t14-/m0/s1. The van der Waals surface area contributed by atoms with Gasteiger partial charge in [-0.15, -0.1) is 0 Å². The average Bonchev–Trinajstić information content (AvgIpc) is 3.28. The summed E-state index contributed by atoms with van der Waals surface area (Å²) < 4.78 is 17.2. The topological polar surface area (TPSA) is 60.9 Å². The number of piperidine rings is 1. The predicted molar refractivity (Wildman–Crippen MR) is 90.4 cm³/mol. The molecular weight excluding hydrogens is 328 g/mol. The highest BCUT2D eigenvalue weighted by Gasteiger charge is 2.40. The number of nitrogens with zero attached hydrogens (tertiary/aromatic N) is 2. The molecule has 7 heteroatoms. The number of hydrogen-bond acceptors (Lipinski definition) is 6. The highest BCUT2D eigenvalue weighted by Crippen LogP contribution is 2.31. The third-order valence-electron chi connectivity index (χ3n) is 4.78. The normalized spacial score (nSPS) is 26.0. The fraction of sp³-hybridized carbons (Fsp3) is 0.647. The Hall–Kier alpha value is -1.31. The van der Waals surface area contributed by atoms with Crippen molar-refractivity contribution >= 4 is 17.7 Å². The van der Waals surface area contributed by atoms with E-state index in [4.69, 9.17) is 14.2 Å². The molecule has 1 atom stereocenters. The Morgan fingerprint density at radius 3 is 2.71 bits per heavy atom. The van der Waals surface area contributed by atoms with Crippen LogP contribution in [0.3, 0.4) is 0 Å². The zero-order chi connectivity index (χ0) is 16.4. The van der Waals surface area contributed by atoms with Crippen molar-refractivity contribution in [3.05, 3.63) is 23.9 Å². The Labute approximate surface area is 145 Å². The summed E-state index contributed by atoms with van der Waals surface area (Å²) in [6, 6.07) is 3.60. The fourth-order valence-corrected chi connectivity index (χ4v) is 4.47. The van der Waals surface area contributed by atoms with Crippen molar-refractivity contribution in [3.63, 3.8) is 0 Å². The molecule has 6 nitrogen and oxygen atoms in total. The van der Waals surface area contributed by atoms with Gasteiger partial charge in [-0.05, 0) is 18.2 Å². The number of carbonyl (C=O) groups is 1. The summed E-state index contributed by atoms with van der Waals surface area (Å²) in [5.41, 5.74) is 0.604. The van der Waals surface area contributed by atoms with E-state index in [9.17, 15) is 4.79 Å². The smallest absolute Gasteiger partial charge is 0.255 e. The summed E-state index contributed by atoms with van der Waals surface area (Å²) in [7, 11) is 0. The molecule has 1 amide bonds. The van der Waals surface area contributed by atoms with Crippen LogP contribution >= 0.6 is 11.8 Å². The van der Waals surface area contributed by atoms with Crippen LogP contribution in [0.25, 0.3) is 0 Å². The molecule has 0 bridgehead atoms. The van der Waals surface area contributed by atoms with Crippen LogP contribution in [0.5, 0.6) is 5.88 Å².